The molecule has 0 radical (unpaired) electrons. The van der Waals surface area contributed by atoms with E-state index in [9.17, 15) is 4.79 Å². The predicted molar refractivity (Wildman–Crippen MR) is 53.1 cm³/mol. The minimum atomic E-state index is 0.0363. The third kappa shape index (κ3) is 3.27. The molecule has 1 atom stereocenters. The first-order chi connectivity index (χ1) is 6.61. The van der Waals surface area contributed by atoms with Crippen LogP contribution in [0.25, 0.3) is 0 Å². The van der Waals surface area contributed by atoms with Gasteiger partial charge in [0.1, 0.15) is 6.61 Å². The van der Waals surface area contributed by atoms with Gasteiger partial charge in [-0.2, -0.15) is 0 Å². The van der Waals surface area contributed by atoms with E-state index in [0.29, 0.717) is 6.61 Å². The van der Waals surface area contributed by atoms with Gasteiger partial charge in [-0.05, 0) is 20.3 Å². The van der Waals surface area contributed by atoms with Gasteiger partial charge in [0.25, 0.3) is 0 Å². The van der Waals surface area contributed by atoms with Crippen molar-refractivity contribution in [3.63, 3.8) is 0 Å². The summed E-state index contributed by atoms with van der Waals surface area (Å²) in [7, 11) is 1.81. The summed E-state index contributed by atoms with van der Waals surface area (Å²) in [6.45, 7) is 5.43. The van der Waals surface area contributed by atoms with Crippen molar-refractivity contribution in [2.24, 2.45) is 0 Å². The third-order valence-corrected chi connectivity index (χ3v) is 2.39. The van der Waals surface area contributed by atoms with Crippen molar-refractivity contribution in [3.05, 3.63) is 0 Å². The van der Waals surface area contributed by atoms with Gasteiger partial charge in [-0.25, -0.2) is 0 Å². The molecule has 1 rings (SSSR count). The summed E-state index contributed by atoms with van der Waals surface area (Å²) in [5, 5.41) is 0. The van der Waals surface area contributed by atoms with Gasteiger partial charge in [-0.1, -0.05) is 0 Å². The lowest BCUT2D eigenvalue weighted by Crippen LogP contribution is -2.39. The van der Waals surface area contributed by atoms with Crippen LogP contribution in [0.3, 0.4) is 0 Å². The quantitative estimate of drug-likeness (QED) is 0.670. The van der Waals surface area contributed by atoms with Crippen molar-refractivity contribution in [2.45, 2.75) is 32.4 Å². The largest absolute Gasteiger partial charge is 0.379 e. The molecular formula is C10H19NO3. The highest BCUT2D eigenvalue weighted by atomic mass is 16.5. The number of likely N-dealkylation sites (N-methyl/N-ethyl adjacent to an activating group) is 1. The zero-order chi connectivity index (χ0) is 10.6. The van der Waals surface area contributed by atoms with Crippen LogP contribution < -0.4 is 0 Å². The highest BCUT2D eigenvalue weighted by molar-refractivity contribution is 5.77. The van der Waals surface area contributed by atoms with Crippen LogP contribution in [0.15, 0.2) is 0 Å². The summed E-state index contributed by atoms with van der Waals surface area (Å²) in [5.74, 6) is 0.0363. The third-order valence-electron chi connectivity index (χ3n) is 2.39. The topological polar surface area (TPSA) is 38.8 Å². The lowest BCUT2D eigenvalue weighted by atomic mass is 10.2. The molecule has 1 amide bonds. The molecule has 82 valence electrons. The molecule has 4 heteroatoms. The highest BCUT2D eigenvalue weighted by Gasteiger charge is 2.23. The maximum absolute atomic E-state index is 11.6. The Labute approximate surface area is 85.2 Å². The summed E-state index contributed by atoms with van der Waals surface area (Å²) in [6, 6.07) is 0.235. The lowest BCUT2D eigenvalue weighted by molar-refractivity contribution is -0.138. The number of rotatable bonds is 4. The Bertz CT molecular complexity index is 188. The maximum Gasteiger partial charge on any atom is 0.248 e. The molecule has 0 bridgehead atoms. The Morgan fingerprint density at radius 3 is 2.86 bits per heavy atom. The average molecular weight is 201 g/mol. The molecule has 0 aromatic rings. The number of amides is 1. The minimum Gasteiger partial charge on any atom is -0.379 e. The van der Waals surface area contributed by atoms with Gasteiger partial charge in [-0.15, -0.1) is 0 Å². The fraction of sp³-hybridized carbons (Fsp3) is 0.900. The van der Waals surface area contributed by atoms with Gasteiger partial charge in [0.15, 0.2) is 0 Å². The average Bonchev–Trinajstić information content (AvgIpc) is 2.65. The Morgan fingerprint density at radius 2 is 2.36 bits per heavy atom. The van der Waals surface area contributed by atoms with E-state index in [2.05, 4.69) is 0 Å². The molecule has 1 aliphatic rings. The number of hydrogen-bond acceptors (Lipinski definition) is 3. The molecule has 0 aliphatic carbocycles. The zero-order valence-electron chi connectivity index (χ0n) is 9.16. The number of ether oxygens (including phenoxy) is 2. The van der Waals surface area contributed by atoms with Crippen molar-refractivity contribution in [1.29, 1.82) is 0 Å². The maximum atomic E-state index is 11.6. The van der Waals surface area contributed by atoms with Crippen LogP contribution in [0.2, 0.25) is 0 Å². The molecule has 1 fully saturated rings. The second kappa shape index (κ2) is 5.32. The molecule has 1 aliphatic heterocycles. The van der Waals surface area contributed by atoms with E-state index < -0.39 is 0 Å². The normalized spacial score (nSPS) is 21.6. The monoisotopic (exact) mass is 201 g/mol. The molecule has 0 aromatic carbocycles. The molecule has 1 saturated heterocycles. The first kappa shape index (κ1) is 11.5. The Balaban J connectivity index is 2.28. The van der Waals surface area contributed by atoms with Crippen molar-refractivity contribution in [3.8, 4) is 0 Å². The second-order valence-corrected chi connectivity index (χ2v) is 3.88. The molecule has 0 aromatic heterocycles. The van der Waals surface area contributed by atoms with E-state index in [1.807, 2.05) is 20.9 Å². The van der Waals surface area contributed by atoms with E-state index in [1.165, 1.54) is 0 Å². The van der Waals surface area contributed by atoms with E-state index >= 15 is 0 Å². The number of carbonyl (C=O) groups is 1. The van der Waals surface area contributed by atoms with E-state index in [1.54, 1.807) is 4.90 Å². The SMILES string of the molecule is CC(C)OCC(=O)N(C)C1CCOC1. The first-order valence-corrected chi connectivity index (χ1v) is 5.06. The van der Waals surface area contributed by atoms with Crippen molar-refractivity contribution in [1.82, 2.24) is 4.90 Å². The van der Waals surface area contributed by atoms with Crippen LogP contribution in [-0.2, 0) is 14.3 Å². The fourth-order valence-electron chi connectivity index (χ4n) is 1.37. The summed E-state index contributed by atoms with van der Waals surface area (Å²) >= 11 is 0. The Kier molecular flexibility index (Phi) is 4.35. The van der Waals surface area contributed by atoms with E-state index in [-0.39, 0.29) is 24.7 Å². The Hall–Kier alpha value is -0.610. The minimum absolute atomic E-state index is 0.0363. The summed E-state index contributed by atoms with van der Waals surface area (Å²) in [4.78, 5) is 13.3. The van der Waals surface area contributed by atoms with Gasteiger partial charge < -0.3 is 14.4 Å². The van der Waals surface area contributed by atoms with Crippen LogP contribution >= 0.6 is 0 Å². The number of carbonyl (C=O) groups excluding carboxylic acids is 1. The number of hydrogen-bond donors (Lipinski definition) is 0. The van der Waals surface area contributed by atoms with Crippen LogP contribution in [0, 0.1) is 0 Å². The van der Waals surface area contributed by atoms with E-state index in [4.69, 9.17) is 9.47 Å². The second-order valence-electron chi connectivity index (χ2n) is 3.88. The van der Waals surface area contributed by atoms with Crippen LogP contribution in [-0.4, -0.2) is 49.8 Å². The molecule has 1 heterocycles. The Morgan fingerprint density at radius 1 is 1.64 bits per heavy atom. The van der Waals surface area contributed by atoms with Crippen molar-refractivity contribution >= 4 is 5.91 Å². The summed E-state index contributed by atoms with van der Waals surface area (Å²) in [6.07, 6.45) is 1.04. The highest BCUT2D eigenvalue weighted by Crippen LogP contribution is 2.10. The van der Waals surface area contributed by atoms with Gasteiger partial charge in [-0.3, -0.25) is 4.79 Å². The molecule has 1 unspecified atom stereocenters. The van der Waals surface area contributed by atoms with Gasteiger partial charge in [0, 0.05) is 13.7 Å². The van der Waals surface area contributed by atoms with Crippen LogP contribution in [0.5, 0.6) is 0 Å². The zero-order valence-corrected chi connectivity index (χ0v) is 9.16. The van der Waals surface area contributed by atoms with Crippen LogP contribution in [0.4, 0.5) is 0 Å². The fourth-order valence-corrected chi connectivity index (χ4v) is 1.37. The van der Waals surface area contributed by atoms with E-state index in [0.717, 1.165) is 13.0 Å². The molecule has 14 heavy (non-hydrogen) atoms. The molecule has 0 N–H and O–H groups in total. The molecule has 4 nitrogen and oxygen atoms in total. The predicted octanol–water partition coefficient (Wildman–Crippen LogP) is 0.659. The van der Waals surface area contributed by atoms with Crippen molar-refractivity contribution in [2.75, 3.05) is 26.9 Å². The van der Waals surface area contributed by atoms with Gasteiger partial charge in [0.2, 0.25) is 5.91 Å². The smallest absolute Gasteiger partial charge is 0.248 e. The summed E-state index contributed by atoms with van der Waals surface area (Å²) in [5.41, 5.74) is 0. The van der Waals surface area contributed by atoms with Crippen molar-refractivity contribution < 1.29 is 14.3 Å². The van der Waals surface area contributed by atoms with Gasteiger partial charge >= 0.3 is 0 Å². The molecule has 0 spiro atoms. The summed E-state index contributed by atoms with van der Waals surface area (Å²) < 4.78 is 10.5. The number of nitrogens with zero attached hydrogens (tertiary/aromatic N) is 1. The van der Waals surface area contributed by atoms with Gasteiger partial charge in [0.05, 0.1) is 18.8 Å². The molecule has 0 saturated carbocycles. The standard InChI is InChI=1S/C10H19NO3/c1-8(2)14-7-10(12)11(3)9-4-5-13-6-9/h8-9H,4-7H2,1-3H3. The lowest BCUT2D eigenvalue weighted by Gasteiger charge is -2.23. The van der Waals surface area contributed by atoms with Crippen LogP contribution in [0.1, 0.15) is 20.3 Å². The molecular weight excluding hydrogens is 182 g/mol. The first-order valence-electron chi connectivity index (χ1n) is 5.06.